The Balaban J connectivity index is 2.29. The average Bonchev–Trinajstić information content (AvgIpc) is 2.74. The van der Waals surface area contributed by atoms with E-state index < -0.39 is 0 Å². The van der Waals surface area contributed by atoms with Crippen LogP contribution in [0.3, 0.4) is 0 Å². The van der Waals surface area contributed by atoms with Crippen LogP contribution in [-0.2, 0) is 0 Å². The summed E-state index contributed by atoms with van der Waals surface area (Å²) < 4.78 is 0.784. The van der Waals surface area contributed by atoms with Crippen molar-refractivity contribution in [2.75, 3.05) is 24.4 Å². The van der Waals surface area contributed by atoms with E-state index in [-0.39, 0.29) is 0 Å². The molecule has 0 saturated carbocycles. The van der Waals surface area contributed by atoms with Crippen LogP contribution in [-0.4, -0.2) is 39.2 Å². The van der Waals surface area contributed by atoms with Crippen LogP contribution in [0.1, 0.15) is 5.01 Å². The zero-order valence-electron chi connectivity index (χ0n) is 10.1. The fourth-order valence-corrected chi connectivity index (χ4v) is 2.72. The number of nitrogens with one attached hydrogen (secondary N) is 1. The van der Waals surface area contributed by atoms with Crippen LogP contribution in [0.4, 0.5) is 11.9 Å². The van der Waals surface area contributed by atoms with Gasteiger partial charge < -0.3 is 4.90 Å². The molecule has 18 heavy (non-hydrogen) atoms. The first-order chi connectivity index (χ1) is 8.58. The maximum absolute atomic E-state index is 5.33. The monoisotopic (exact) mass is 284 g/mol. The van der Waals surface area contributed by atoms with Crippen molar-refractivity contribution >= 4 is 35.0 Å². The molecule has 3 N–H and O–H groups in total. The van der Waals surface area contributed by atoms with E-state index in [0.717, 1.165) is 9.35 Å². The molecule has 0 aromatic carbocycles. The highest BCUT2D eigenvalue weighted by molar-refractivity contribution is 8.00. The van der Waals surface area contributed by atoms with Crippen LogP contribution in [0.25, 0.3) is 0 Å². The van der Waals surface area contributed by atoms with Gasteiger partial charge >= 0.3 is 0 Å². The largest absolute Gasteiger partial charge is 0.347 e. The van der Waals surface area contributed by atoms with Crippen LogP contribution in [0, 0.1) is 6.92 Å². The summed E-state index contributed by atoms with van der Waals surface area (Å²) in [6.45, 7) is 1.90. The highest BCUT2D eigenvalue weighted by atomic mass is 32.2. The Labute approximate surface area is 112 Å². The molecule has 10 heteroatoms. The third-order valence-electron chi connectivity index (χ3n) is 1.82. The Morgan fingerprint density at radius 2 is 2.00 bits per heavy atom. The van der Waals surface area contributed by atoms with Gasteiger partial charge in [-0.25, -0.2) is 5.84 Å². The summed E-state index contributed by atoms with van der Waals surface area (Å²) >= 11 is 2.82. The Morgan fingerprint density at radius 3 is 2.56 bits per heavy atom. The van der Waals surface area contributed by atoms with Crippen LogP contribution in [0.15, 0.2) is 9.50 Å². The van der Waals surface area contributed by atoms with Crippen molar-refractivity contribution in [2.45, 2.75) is 16.4 Å². The first-order valence-electron chi connectivity index (χ1n) is 4.96. The number of rotatable bonds is 4. The number of nitrogens with zero attached hydrogens (tertiary/aromatic N) is 6. The molecule has 0 amide bonds. The Hall–Kier alpha value is -1.52. The molecule has 96 valence electrons. The molecule has 0 radical (unpaired) electrons. The molecule has 8 nitrogen and oxygen atoms in total. The first-order valence-corrected chi connectivity index (χ1v) is 6.60. The van der Waals surface area contributed by atoms with E-state index in [1.54, 1.807) is 4.90 Å². The van der Waals surface area contributed by atoms with Crippen LogP contribution in [0.5, 0.6) is 0 Å². The molecule has 2 heterocycles. The van der Waals surface area contributed by atoms with Gasteiger partial charge in [0.15, 0.2) is 4.34 Å². The molecule has 0 unspecified atom stereocenters. The maximum Gasteiger partial charge on any atom is 0.242 e. The Morgan fingerprint density at radius 1 is 1.22 bits per heavy atom. The summed E-state index contributed by atoms with van der Waals surface area (Å²) in [4.78, 5) is 14.3. The number of nitrogens with two attached hydrogens (primary N) is 1. The Kier molecular flexibility index (Phi) is 3.89. The number of aryl methyl sites for hydroxylation is 1. The lowest BCUT2D eigenvalue weighted by Gasteiger charge is -2.11. The quantitative estimate of drug-likeness (QED) is 0.614. The van der Waals surface area contributed by atoms with Crippen molar-refractivity contribution in [3.63, 3.8) is 0 Å². The van der Waals surface area contributed by atoms with Gasteiger partial charge in [0, 0.05) is 14.1 Å². The topological polar surface area (TPSA) is 106 Å². The van der Waals surface area contributed by atoms with Crippen LogP contribution < -0.4 is 16.2 Å². The van der Waals surface area contributed by atoms with Gasteiger partial charge in [-0.3, -0.25) is 5.43 Å². The molecular weight excluding hydrogens is 272 g/mol. The minimum Gasteiger partial charge on any atom is -0.347 e. The minimum absolute atomic E-state index is 0.317. The van der Waals surface area contributed by atoms with E-state index in [2.05, 4.69) is 30.6 Å². The highest BCUT2D eigenvalue weighted by Gasteiger charge is 2.11. The van der Waals surface area contributed by atoms with E-state index in [9.17, 15) is 0 Å². The molecule has 0 fully saturated rings. The van der Waals surface area contributed by atoms with Gasteiger partial charge in [0.2, 0.25) is 17.1 Å². The molecule has 0 spiro atoms. The lowest BCUT2D eigenvalue weighted by Crippen LogP contribution is -2.17. The van der Waals surface area contributed by atoms with E-state index in [1.807, 2.05) is 21.0 Å². The SMILES string of the molecule is Cc1nnc(Sc2nc(NN)nc(N(C)C)n2)s1. The van der Waals surface area contributed by atoms with Gasteiger partial charge in [-0.05, 0) is 18.7 Å². The van der Waals surface area contributed by atoms with Gasteiger partial charge in [0.1, 0.15) is 5.01 Å². The smallest absolute Gasteiger partial charge is 0.242 e. The summed E-state index contributed by atoms with van der Waals surface area (Å²) in [6.07, 6.45) is 0. The number of hydrazine groups is 1. The van der Waals surface area contributed by atoms with Gasteiger partial charge in [-0.2, -0.15) is 15.0 Å². The van der Waals surface area contributed by atoms with E-state index in [0.29, 0.717) is 17.1 Å². The second kappa shape index (κ2) is 5.42. The van der Waals surface area contributed by atoms with Crippen molar-refractivity contribution in [1.82, 2.24) is 25.1 Å². The van der Waals surface area contributed by atoms with Crippen molar-refractivity contribution in [2.24, 2.45) is 5.84 Å². The van der Waals surface area contributed by atoms with Crippen LogP contribution in [0.2, 0.25) is 0 Å². The molecular formula is C8H12N8S2. The summed E-state index contributed by atoms with van der Waals surface area (Å²) in [5.74, 6) is 6.18. The third kappa shape index (κ3) is 3.03. The molecule has 0 aliphatic rings. The predicted molar refractivity (Wildman–Crippen MR) is 70.7 cm³/mol. The van der Waals surface area contributed by atoms with Crippen molar-refractivity contribution in [1.29, 1.82) is 0 Å². The standard InChI is InChI=1S/C8H12N8S2/c1-4-14-15-8(17-4)18-7-11-5(13-9)10-6(12-7)16(2)3/h9H2,1-3H3,(H,10,11,12,13). The fourth-order valence-electron chi connectivity index (χ4n) is 1.05. The Bertz CT molecular complexity index is 540. The van der Waals surface area contributed by atoms with Gasteiger partial charge in [-0.15, -0.1) is 10.2 Å². The predicted octanol–water partition coefficient (Wildman–Crippen LogP) is 0.534. The van der Waals surface area contributed by atoms with Gasteiger partial charge in [0.05, 0.1) is 0 Å². The van der Waals surface area contributed by atoms with Crippen molar-refractivity contribution in [3.8, 4) is 0 Å². The zero-order chi connectivity index (χ0) is 13.1. The molecule has 0 bridgehead atoms. The van der Waals surface area contributed by atoms with E-state index in [4.69, 9.17) is 5.84 Å². The number of hydrogen-bond donors (Lipinski definition) is 2. The molecule has 0 aliphatic carbocycles. The van der Waals surface area contributed by atoms with Crippen molar-refractivity contribution in [3.05, 3.63) is 5.01 Å². The second-order valence-corrected chi connectivity index (χ2v) is 5.87. The lowest BCUT2D eigenvalue weighted by molar-refractivity contribution is 0.863. The summed E-state index contributed by atoms with van der Waals surface area (Å²) in [6, 6.07) is 0. The molecule has 0 aliphatic heterocycles. The van der Waals surface area contributed by atoms with Gasteiger partial charge in [-0.1, -0.05) is 11.3 Å². The molecule has 0 saturated heterocycles. The number of hydrogen-bond acceptors (Lipinski definition) is 10. The van der Waals surface area contributed by atoms with Crippen molar-refractivity contribution < 1.29 is 0 Å². The summed E-state index contributed by atoms with van der Waals surface area (Å²) in [7, 11) is 3.69. The number of anilines is 2. The summed E-state index contributed by atoms with van der Waals surface area (Å²) in [5.41, 5.74) is 2.42. The highest BCUT2D eigenvalue weighted by Crippen LogP contribution is 2.28. The molecule has 2 rings (SSSR count). The van der Waals surface area contributed by atoms with E-state index >= 15 is 0 Å². The van der Waals surface area contributed by atoms with Gasteiger partial charge in [0.25, 0.3) is 0 Å². The normalized spacial score (nSPS) is 10.4. The minimum atomic E-state index is 0.317. The third-order valence-corrected chi connectivity index (χ3v) is 3.57. The number of nitrogen functional groups attached to an aromatic ring is 1. The molecule has 2 aromatic heterocycles. The second-order valence-electron chi connectivity index (χ2n) is 3.47. The zero-order valence-corrected chi connectivity index (χ0v) is 11.7. The van der Waals surface area contributed by atoms with E-state index in [1.165, 1.54) is 23.1 Å². The maximum atomic E-state index is 5.33. The van der Waals surface area contributed by atoms with Crippen LogP contribution >= 0.6 is 23.1 Å². The molecule has 0 atom stereocenters. The summed E-state index contributed by atoms with van der Waals surface area (Å²) in [5, 5.41) is 9.37. The number of aromatic nitrogens is 5. The molecule has 2 aromatic rings. The fraction of sp³-hybridized carbons (Fsp3) is 0.375. The average molecular weight is 284 g/mol. The lowest BCUT2D eigenvalue weighted by atomic mass is 10.8. The first kappa shape index (κ1) is 12.9.